The van der Waals surface area contributed by atoms with Gasteiger partial charge in [0.1, 0.15) is 12.2 Å². The summed E-state index contributed by atoms with van der Waals surface area (Å²) < 4.78 is 16.4. The van der Waals surface area contributed by atoms with Crippen LogP contribution in [0.25, 0.3) is 0 Å². The molecule has 0 fully saturated rings. The monoisotopic (exact) mass is 366 g/mol. The van der Waals surface area contributed by atoms with Crippen molar-refractivity contribution in [1.82, 2.24) is 4.98 Å². The lowest BCUT2D eigenvalue weighted by atomic mass is 9.96. The molecule has 1 aromatic heterocycles. The van der Waals surface area contributed by atoms with Gasteiger partial charge in [0.2, 0.25) is 5.88 Å². The highest BCUT2D eigenvalue weighted by molar-refractivity contribution is 5.97. The van der Waals surface area contributed by atoms with Crippen LogP contribution >= 0.6 is 0 Å². The van der Waals surface area contributed by atoms with Crippen LogP contribution in [-0.2, 0) is 14.3 Å². The first-order chi connectivity index (χ1) is 12.5. The molecule has 0 radical (unpaired) electrons. The number of hydrogen-bond donors (Lipinski definition) is 1. The van der Waals surface area contributed by atoms with Crippen LogP contribution in [0.5, 0.6) is 5.88 Å². The first kappa shape index (κ1) is 22.4. The molecule has 0 unspecified atom stereocenters. The Labute approximate surface area is 157 Å². The molecule has 0 aliphatic carbocycles. The van der Waals surface area contributed by atoms with E-state index in [1.807, 2.05) is 26.8 Å². The molecule has 1 heterocycles. The van der Waals surface area contributed by atoms with E-state index in [1.54, 1.807) is 13.3 Å². The maximum Gasteiger partial charge on any atom is 0.256 e. The maximum atomic E-state index is 12.8. The van der Waals surface area contributed by atoms with Gasteiger partial charge >= 0.3 is 0 Å². The molecule has 1 amide bonds. The van der Waals surface area contributed by atoms with E-state index in [4.69, 9.17) is 14.2 Å². The lowest BCUT2D eigenvalue weighted by Crippen LogP contribution is -2.43. The number of methoxy groups -OCH3 is 1. The standard InChI is InChI=1S/C20H34N2O4/c1-6-8-9-10-20(4,26-11-7-2)19(23)22-17-14-16(3)18(21-15-17)25-13-12-24-5/h14-15H,6-13H2,1-5H3,(H,22,23)/t20-/m0/s1. The van der Waals surface area contributed by atoms with E-state index in [-0.39, 0.29) is 5.91 Å². The fourth-order valence-electron chi connectivity index (χ4n) is 2.56. The van der Waals surface area contributed by atoms with Crippen molar-refractivity contribution in [3.05, 3.63) is 17.8 Å². The van der Waals surface area contributed by atoms with Gasteiger partial charge in [0, 0.05) is 19.3 Å². The molecule has 6 heteroatoms. The molecule has 0 saturated carbocycles. The highest BCUT2D eigenvalue weighted by Gasteiger charge is 2.33. The predicted octanol–water partition coefficient (Wildman–Crippen LogP) is 4.12. The van der Waals surface area contributed by atoms with E-state index in [9.17, 15) is 4.79 Å². The van der Waals surface area contributed by atoms with E-state index in [0.29, 0.717) is 37.8 Å². The van der Waals surface area contributed by atoms with E-state index >= 15 is 0 Å². The zero-order chi connectivity index (χ0) is 19.4. The molecule has 0 aromatic carbocycles. The fraction of sp³-hybridized carbons (Fsp3) is 0.700. The first-order valence-electron chi connectivity index (χ1n) is 9.50. The largest absolute Gasteiger partial charge is 0.475 e. The topological polar surface area (TPSA) is 69.7 Å². The SMILES string of the molecule is CCCCC[C@](C)(OCCC)C(=O)Nc1cnc(OCCOC)c(C)c1. The van der Waals surface area contributed by atoms with E-state index in [1.165, 1.54) is 0 Å². The minimum atomic E-state index is -0.827. The number of carbonyl (C=O) groups is 1. The van der Waals surface area contributed by atoms with Gasteiger partial charge in [0.15, 0.2) is 0 Å². The molecular weight excluding hydrogens is 332 g/mol. The van der Waals surface area contributed by atoms with Crippen LogP contribution in [0.3, 0.4) is 0 Å². The zero-order valence-electron chi connectivity index (χ0n) is 16.9. The number of aryl methyl sites for hydroxylation is 1. The number of rotatable bonds is 13. The zero-order valence-corrected chi connectivity index (χ0v) is 16.9. The fourth-order valence-corrected chi connectivity index (χ4v) is 2.56. The Morgan fingerprint density at radius 2 is 1.96 bits per heavy atom. The van der Waals surface area contributed by atoms with Gasteiger partial charge in [-0.2, -0.15) is 0 Å². The van der Waals surface area contributed by atoms with Gasteiger partial charge in [0.05, 0.1) is 18.5 Å². The Bertz CT molecular complexity index is 551. The van der Waals surface area contributed by atoms with Gasteiger partial charge in [-0.25, -0.2) is 4.98 Å². The van der Waals surface area contributed by atoms with Crippen molar-refractivity contribution in [2.24, 2.45) is 0 Å². The minimum absolute atomic E-state index is 0.128. The Kier molecular flexibility index (Phi) is 10.2. The van der Waals surface area contributed by atoms with Gasteiger partial charge in [0.25, 0.3) is 5.91 Å². The third-order valence-electron chi connectivity index (χ3n) is 4.18. The summed E-state index contributed by atoms with van der Waals surface area (Å²) in [4.78, 5) is 17.1. The van der Waals surface area contributed by atoms with Crippen molar-refractivity contribution in [3.8, 4) is 5.88 Å². The predicted molar refractivity (Wildman–Crippen MR) is 104 cm³/mol. The Balaban J connectivity index is 2.76. The summed E-state index contributed by atoms with van der Waals surface area (Å²) in [5, 5.41) is 2.95. The van der Waals surface area contributed by atoms with E-state index in [0.717, 1.165) is 31.2 Å². The van der Waals surface area contributed by atoms with Crippen molar-refractivity contribution in [3.63, 3.8) is 0 Å². The molecular formula is C20H34N2O4. The second kappa shape index (κ2) is 11.9. The lowest BCUT2D eigenvalue weighted by Gasteiger charge is -2.28. The van der Waals surface area contributed by atoms with Gasteiger partial charge in [-0.3, -0.25) is 4.79 Å². The summed E-state index contributed by atoms with van der Waals surface area (Å²) in [5.74, 6) is 0.421. The number of pyridine rings is 1. The number of anilines is 1. The Hall–Kier alpha value is -1.66. The van der Waals surface area contributed by atoms with E-state index in [2.05, 4.69) is 17.2 Å². The summed E-state index contributed by atoms with van der Waals surface area (Å²) in [6, 6.07) is 1.86. The number of amides is 1. The van der Waals surface area contributed by atoms with Gasteiger partial charge in [-0.1, -0.05) is 33.1 Å². The molecule has 6 nitrogen and oxygen atoms in total. The molecule has 0 aliphatic heterocycles. The van der Waals surface area contributed by atoms with Crippen molar-refractivity contribution in [2.75, 3.05) is 32.2 Å². The summed E-state index contributed by atoms with van der Waals surface area (Å²) >= 11 is 0. The number of nitrogens with zero attached hydrogens (tertiary/aromatic N) is 1. The smallest absolute Gasteiger partial charge is 0.256 e. The number of ether oxygens (including phenoxy) is 3. The van der Waals surface area contributed by atoms with Crippen LogP contribution in [-0.4, -0.2) is 43.4 Å². The molecule has 0 spiro atoms. The summed E-state index contributed by atoms with van der Waals surface area (Å²) in [6.07, 6.45) is 6.36. The number of aromatic nitrogens is 1. The lowest BCUT2D eigenvalue weighted by molar-refractivity contribution is -0.140. The van der Waals surface area contributed by atoms with Crippen LogP contribution in [0, 0.1) is 6.92 Å². The number of carbonyl (C=O) groups excluding carboxylic acids is 1. The molecule has 1 rings (SSSR count). The molecule has 0 saturated heterocycles. The number of nitrogens with one attached hydrogen (secondary N) is 1. The minimum Gasteiger partial charge on any atom is -0.475 e. The molecule has 0 aliphatic rings. The normalized spacial score (nSPS) is 13.3. The number of hydrogen-bond acceptors (Lipinski definition) is 5. The second-order valence-electron chi connectivity index (χ2n) is 6.68. The molecule has 148 valence electrons. The van der Waals surface area contributed by atoms with Crippen molar-refractivity contribution < 1.29 is 19.0 Å². The molecule has 26 heavy (non-hydrogen) atoms. The summed E-state index contributed by atoms with van der Waals surface area (Å²) in [5.41, 5.74) is 0.682. The van der Waals surface area contributed by atoms with Crippen LogP contribution in [0.4, 0.5) is 5.69 Å². The van der Waals surface area contributed by atoms with Crippen molar-refractivity contribution in [2.45, 2.75) is 65.4 Å². The van der Waals surface area contributed by atoms with Crippen molar-refractivity contribution >= 4 is 11.6 Å². The van der Waals surface area contributed by atoms with Gasteiger partial charge < -0.3 is 19.5 Å². The van der Waals surface area contributed by atoms with E-state index < -0.39 is 5.60 Å². The molecule has 1 aromatic rings. The highest BCUT2D eigenvalue weighted by Crippen LogP contribution is 2.24. The highest BCUT2D eigenvalue weighted by atomic mass is 16.5. The summed E-state index contributed by atoms with van der Waals surface area (Å²) in [7, 11) is 1.63. The molecule has 1 N–H and O–H groups in total. The van der Waals surface area contributed by atoms with Crippen LogP contribution in [0.1, 0.15) is 58.4 Å². The van der Waals surface area contributed by atoms with Crippen molar-refractivity contribution in [1.29, 1.82) is 0 Å². The second-order valence-corrected chi connectivity index (χ2v) is 6.68. The summed E-state index contributed by atoms with van der Waals surface area (Å²) in [6.45, 7) is 9.48. The molecule has 0 bridgehead atoms. The third-order valence-corrected chi connectivity index (χ3v) is 4.18. The average molecular weight is 367 g/mol. The quantitative estimate of drug-likeness (QED) is 0.532. The first-order valence-corrected chi connectivity index (χ1v) is 9.50. The Morgan fingerprint density at radius 1 is 1.19 bits per heavy atom. The van der Waals surface area contributed by atoms with Crippen LogP contribution < -0.4 is 10.1 Å². The van der Waals surface area contributed by atoms with Crippen LogP contribution in [0.2, 0.25) is 0 Å². The number of unbranched alkanes of at least 4 members (excludes halogenated alkanes) is 2. The van der Waals surface area contributed by atoms with Gasteiger partial charge in [-0.15, -0.1) is 0 Å². The maximum absolute atomic E-state index is 12.8. The third kappa shape index (κ3) is 7.30. The average Bonchev–Trinajstić information content (AvgIpc) is 2.62. The Morgan fingerprint density at radius 3 is 2.58 bits per heavy atom. The van der Waals surface area contributed by atoms with Crippen LogP contribution in [0.15, 0.2) is 12.3 Å². The van der Waals surface area contributed by atoms with Gasteiger partial charge in [-0.05, 0) is 32.8 Å². The molecule has 1 atom stereocenters.